The molecular formula is C5H13NO2W. The third kappa shape index (κ3) is 150. The number of rotatable bonds is 1. The van der Waals surface area contributed by atoms with Crippen LogP contribution in [0.2, 0.25) is 0 Å². The van der Waals surface area contributed by atoms with Gasteiger partial charge in [-0.3, -0.25) is 7.05 Å². The molecule has 0 aromatic carbocycles. The smallest absolute Gasteiger partial charge is 0.564 e. The monoisotopic (exact) mass is 303 g/mol. The normalized spacial score (nSPS) is 7.33. The maximum Gasteiger partial charge on any atom is 2.00 e. The number of hydrogen-bond acceptors (Lipinski definition) is 3. The number of hydrogen-bond donors (Lipinski definition) is 2. The van der Waals surface area contributed by atoms with Crippen molar-refractivity contribution in [2.24, 2.45) is 0 Å². The van der Waals surface area contributed by atoms with Crippen LogP contribution >= 0.6 is 0 Å². The standard InChI is InChI=1S/C3H8N.C2H5O2.W/c1-4(2)3;3-1-2-4;/h1H2,2-3H3;1,3-4H,2H2;/q2*-1;+2. The van der Waals surface area contributed by atoms with Gasteiger partial charge in [0.05, 0.1) is 0 Å². The molecule has 3 nitrogen and oxygen atoms in total. The minimum Gasteiger partial charge on any atom is -0.564 e. The zero-order chi connectivity index (χ0) is 6.99. The first kappa shape index (κ1) is 16.3. The van der Waals surface area contributed by atoms with Crippen LogP contribution in [-0.4, -0.2) is 35.8 Å². The summed E-state index contributed by atoms with van der Waals surface area (Å²) in [6, 6.07) is 0. The second-order valence-corrected chi connectivity index (χ2v) is 1.44. The molecule has 0 aromatic heterocycles. The molecule has 0 aliphatic rings. The van der Waals surface area contributed by atoms with Gasteiger partial charge in [-0.05, 0) is 14.1 Å². The van der Waals surface area contributed by atoms with Gasteiger partial charge in [0.25, 0.3) is 0 Å². The molecule has 0 heterocycles. The molecule has 2 N–H and O–H groups in total. The molecule has 0 saturated heterocycles. The van der Waals surface area contributed by atoms with E-state index in [4.69, 9.17) is 10.2 Å². The van der Waals surface area contributed by atoms with Gasteiger partial charge in [-0.25, -0.2) is 0 Å². The molecule has 4 heteroatoms. The number of aliphatic hydroxyl groups excluding tert-OH is 2. The molecule has 0 radical (unpaired) electrons. The van der Waals surface area contributed by atoms with E-state index >= 15 is 0 Å². The molecule has 9 heavy (non-hydrogen) atoms. The maximum atomic E-state index is 7.57. The Morgan fingerprint density at radius 3 is 1.67 bits per heavy atom. The third-order valence-electron chi connectivity index (χ3n) is 0.0816. The largest absolute Gasteiger partial charge is 2.00 e. The molecule has 0 spiro atoms. The van der Waals surface area contributed by atoms with Crippen molar-refractivity contribution in [1.29, 1.82) is 0 Å². The number of aliphatic hydroxyl groups is 2. The van der Waals surface area contributed by atoms with E-state index in [-0.39, 0.29) is 27.7 Å². The Kier molecular flexibility index (Phi) is 28.6. The first-order valence-corrected chi connectivity index (χ1v) is 2.19. The Hall–Kier alpha value is 0.568. The molecule has 0 amide bonds. The van der Waals surface area contributed by atoms with Crippen LogP contribution < -0.4 is 0 Å². The van der Waals surface area contributed by atoms with Gasteiger partial charge in [-0.2, -0.15) is 6.61 Å². The summed E-state index contributed by atoms with van der Waals surface area (Å²) in [7, 11) is 7.25. The van der Waals surface area contributed by atoms with Crippen LogP contribution in [0.1, 0.15) is 0 Å². The van der Waals surface area contributed by atoms with Crippen LogP contribution in [-0.2, 0) is 21.1 Å². The SMILES string of the molecule is O[CH-]CO.[CH2-]N(C)C.[W+2]. The van der Waals surface area contributed by atoms with Gasteiger partial charge in [-0.15, -0.1) is 0 Å². The van der Waals surface area contributed by atoms with Crippen molar-refractivity contribution in [2.75, 3.05) is 20.7 Å². The third-order valence-corrected chi connectivity index (χ3v) is 0.0816. The quantitative estimate of drug-likeness (QED) is 0.662. The van der Waals surface area contributed by atoms with E-state index < -0.39 is 0 Å². The van der Waals surface area contributed by atoms with Crippen molar-refractivity contribution in [1.82, 2.24) is 4.90 Å². The second kappa shape index (κ2) is 15.8. The average molecular weight is 303 g/mol. The molecule has 0 fully saturated rings. The minimum atomic E-state index is -0.250. The fourth-order valence-corrected chi connectivity index (χ4v) is 0. The minimum absolute atomic E-state index is 0. The van der Waals surface area contributed by atoms with Gasteiger partial charge in [0.2, 0.25) is 0 Å². The van der Waals surface area contributed by atoms with Gasteiger partial charge in [-0.1, -0.05) is 6.61 Å². The topological polar surface area (TPSA) is 43.7 Å². The van der Waals surface area contributed by atoms with Gasteiger partial charge < -0.3 is 15.1 Å². The van der Waals surface area contributed by atoms with E-state index in [9.17, 15) is 0 Å². The molecule has 56 valence electrons. The molecule has 0 aromatic rings. The number of nitrogens with zero attached hydrogens (tertiary/aromatic N) is 1. The molecule has 0 bridgehead atoms. The fourth-order valence-electron chi connectivity index (χ4n) is 0. The van der Waals surface area contributed by atoms with E-state index in [0.717, 1.165) is 0 Å². The summed E-state index contributed by atoms with van der Waals surface area (Å²) in [6.45, 7) is 0.431. The van der Waals surface area contributed by atoms with Crippen LogP contribution in [0.25, 0.3) is 0 Å². The molecule has 0 saturated carbocycles. The summed E-state index contributed by atoms with van der Waals surface area (Å²) < 4.78 is 0. The molecule has 0 atom stereocenters. The summed E-state index contributed by atoms with van der Waals surface area (Å²) in [5.41, 5.74) is 0. The van der Waals surface area contributed by atoms with E-state index in [0.29, 0.717) is 6.61 Å². The van der Waals surface area contributed by atoms with Crippen molar-refractivity contribution in [3.05, 3.63) is 13.7 Å². The summed E-state index contributed by atoms with van der Waals surface area (Å²) >= 11 is 0. The van der Waals surface area contributed by atoms with Gasteiger partial charge in [0, 0.05) is 0 Å². The average Bonchev–Trinajstić information content (AvgIpc) is 1.65. The summed E-state index contributed by atoms with van der Waals surface area (Å²) in [5, 5.41) is 15.1. The molecular weight excluding hydrogens is 290 g/mol. The second-order valence-electron chi connectivity index (χ2n) is 1.44. The van der Waals surface area contributed by atoms with Crippen molar-refractivity contribution in [2.45, 2.75) is 0 Å². The summed E-state index contributed by atoms with van der Waals surface area (Å²) in [6.07, 6.45) is 0. The Morgan fingerprint density at radius 1 is 1.56 bits per heavy atom. The Bertz CT molecular complexity index is 31.4. The zero-order valence-electron chi connectivity index (χ0n) is 5.74. The molecule has 0 aliphatic heterocycles. The summed E-state index contributed by atoms with van der Waals surface area (Å²) in [4.78, 5) is 1.75. The first-order valence-electron chi connectivity index (χ1n) is 2.19. The zero-order valence-corrected chi connectivity index (χ0v) is 8.67. The summed E-state index contributed by atoms with van der Waals surface area (Å²) in [5.74, 6) is 0. The van der Waals surface area contributed by atoms with Crippen molar-refractivity contribution in [3.8, 4) is 0 Å². The fraction of sp³-hybridized carbons (Fsp3) is 0.600. The Morgan fingerprint density at radius 2 is 1.67 bits per heavy atom. The molecule has 0 rings (SSSR count). The van der Waals surface area contributed by atoms with Crippen LogP contribution in [0.3, 0.4) is 0 Å². The van der Waals surface area contributed by atoms with Gasteiger partial charge >= 0.3 is 21.1 Å². The predicted molar refractivity (Wildman–Crippen MR) is 32.4 cm³/mol. The molecule has 0 aliphatic carbocycles. The van der Waals surface area contributed by atoms with Crippen molar-refractivity contribution < 1.29 is 31.3 Å². The first-order chi connectivity index (χ1) is 3.65. The van der Waals surface area contributed by atoms with E-state index in [2.05, 4.69) is 7.05 Å². The van der Waals surface area contributed by atoms with Crippen LogP contribution in [0.5, 0.6) is 0 Å². The van der Waals surface area contributed by atoms with E-state index in [1.54, 1.807) is 4.90 Å². The van der Waals surface area contributed by atoms with E-state index in [1.807, 2.05) is 14.1 Å². The van der Waals surface area contributed by atoms with Gasteiger partial charge in [0.1, 0.15) is 0 Å². The van der Waals surface area contributed by atoms with Crippen LogP contribution in [0.4, 0.5) is 0 Å². The maximum absolute atomic E-state index is 7.57. The molecule has 0 unspecified atom stereocenters. The Labute approximate surface area is 70.9 Å². The van der Waals surface area contributed by atoms with Crippen LogP contribution in [0, 0.1) is 13.7 Å². The van der Waals surface area contributed by atoms with E-state index in [1.165, 1.54) is 0 Å². The van der Waals surface area contributed by atoms with Gasteiger partial charge in [0.15, 0.2) is 0 Å². The van der Waals surface area contributed by atoms with Crippen molar-refractivity contribution in [3.63, 3.8) is 0 Å². The Balaban J connectivity index is -0.0000000720. The van der Waals surface area contributed by atoms with Crippen LogP contribution in [0.15, 0.2) is 0 Å². The predicted octanol–water partition coefficient (Wildman–Crippen LogP) is -0.150. The van der Waals surface area contributed by atoms with Crippen molar-refractivity contribution >= 4 is 0 Å².